The third kappa shape index (κ3) is 38.5. The molecule has 51 heavy (non-hydrogen) atoms. The second kappa shape index (κ2) is 34.8. The van der Waals surface area contributed by atoms with E-state index in [1.54, 1.807) is 0 Å². The molecule has 2 unspecified atom stereocenters. The Morgan fingerprint density at radius 1 is 0.569 bits per heavy atom. The number of carbonyl (C=O) groups is 2. The average Bonchev–Trinajstić information content (AvgIpc) is 3.08. The van der Waals surface area contributed by atoms with Crippen LogP contribution in [0.2, 0.25) is 0 Å². The molecule has 2 amide bonds. The summed E-state index contributed by atoms with van der Waals surface area (Å²) in [6.07, 6.45) is 33.9. The van der Waals surface area contributed by atoms with E-state index in [0.29, 0.717) is 19.3 Å². The van der Waals surface area contributed by atoms with Crippen molar-refractivity contribution in [3.63, 3.8) is 0 Å². The lowest BCUT2D eigenvalue weighted by Gasteiger charge is -2.24. The van der Waals surface area contributed by atoms with Gasteiger partial charge < -0.3 is 20.0 Å². The maximum Gasteiger partial charge on any atom is 0.472 e. The number of hydrogen-bond acceptors (Lipinski definition) is 5. The van der Waals surface area contributed by atoms with Crippen LogP contribution >= 0.6 is 7.82 Å². The zero-order valence-electron chi connectivity index (χ0n) is 34.3. The molecule has 0 aliphatic rings. The minimum atomic E-state index is -4.29. The maximum absolute atomic E-state index is 12.8. The molecule has 0 rings (SSSR count). The molecule has 0 aromatic heterocycles. The standard InChI is InChI=1S/C41H84N3O6P/c1-6-8-10-12-14-16-18-20-22-24-26-28-30-33-40(45)42-37-39(38-50-51(47,48)49-36-32-35-44(3,4)5)43-41(46)34-31-29-27-25-23-21-19-17-15-13-11-9-7-2/h39H,6-38H2,1-5H3,(H2-,42,43,45,46,47,48)/p+1. The summed E-state index contributed by atoms with van der Waals surface area (Å²) in [6, 6.07) is -0.620. The molecule has 0 spiro atoms. The fourth-order valence-electron chi connectivity index (χ4n) is 6.32. The van der Waals surface area contributed by atoms with E-state index < -0.39 is 13.9 Å². The Bertz CT molecular complexity index is 854. The molecule has 2 atom stereocenters. The van der Waals surface area contributed by atoms with Gasteiger partial charge in [0.05, 0.1) is 46.9 Å². The second-order valence-corrected chi connectivity index (χ2v) is 17.5. The Morgan fingerprint density at radius 2 is 0.941 bits per heavy atom. The van der Waals surface area contributed by atoms with Gasteiger partial charge in [-0.25, -0.2) is 4.57 Å². The molecule has 0 radical (unpaired) electrons. The fraction of sp³-hybridized carbons (Fsp3) is 0.951. The van der Waals surface area contributed by atoms with Gasteiger partial charge in [0.2, 0.25) is 11.8 Å². The monoisotopic (exact) mass is 747 g/mol. The predicted molar refractivity (Wildman–Crippen MR) is 215 cm³/mol. The summed E-state index contributed by atoms with van der Waals surface area (Å²) in [5, 5.41) is 5.83. The fourth-order valence-corrected chi connectivity index (χ4v) is 7.13. The molecule has 9 nitrogen and oxygen atoms in total. The molecule has 304 valence electrons. The van der Waals surface area contributed by atoms with Gasteiger partial charge in [0, 0.05) is 25.8 Å². The molecule has 0 fully saturated rings. The summed E-state index contributed by atoms with van der Waals surface area (Å²) in [6.45, 7) is 5.34. The SMILES string of the molecule is CCCCCCCCCCCCCCCC(=O)NCC(COP(=O)(O)OCCC[N+](C)(C)C)NC(=O)CCCCCCCCCCCCCCC. The van der Waals surface area contributed by atoms with Gasteiger partial charge in [-0.3, -0.25) is 18.6 Å². The summed E-state index contributed by atoms with van der Waals surface area (Å²) < 4.78 is 23.7. The first kappa shape index (κ1) is 50.0. The van der Waals surface area contributed by atoms with Crippen molar-refractivity contribution in [3.05, 3.63) is 0 Å². The smallest absolute Gasteiger partial charge is 0.354 e. The van der Waals surface area contributed by atoms with Crippen molar-refractivity contribution in [1.82, 2.24) is 10.6 Å². The van der Waals surface area contributed by atoms with Crippen LogP contribution in [0.15, 0.2) is 0 Å². The summed E-state index contributed by atoms with van der Waals surface area (Å²) in [7, 11) is 1.86. The van der Waals surface area contributed by atoms with Gasteiger partial charge in [-0.2, -0.15) is 0 Å². The number of hydrogen-bond donors (Lipinski definition) is 3. The molecule has 0 bridgehead atoms. The molecule has 0 aliphatic heterocycles. The molecule has 0 aromatic carbocycles. The molecule has 0 aromatic rings. The molecule has 0 heterocycles. The van der Waals surface area contributed by atoms with Crippen LogP contribution in [0.5, 0.6) is 0 Å². The van der Waals surface area contributed by atoms with Gasteiger partial charge in [-0.15, -0.1) is 0 Å². The third-order valence-corrected chi connectivity index (χ3v) is 10.6. The third-order valence-electron chi connectivity index (χ3n) is 9.59. The summed E-state index contributed by atoms with van der Waals surface area (Å²) >= 11 is 0. The zero-order valence-corrected chi connectivity index (χ0v) is 35.2. The number of amides is 2. The average molecular weight is 747 g/mol. The van der Waals surface area contributed by atoms with Crippen LogP contribution in [0, 0.1) is 0 Å². The van der Waals surface area contributed by atoms with Gasteiger partial charge in [0.15, 0.2) is 0 Å². The quantitative estimate of drug-likeness (QED) is 0.0328. The van der Waals surface area contributed by atoms with Crippen molar-refractivity contribution in [1.29, 1.82) is 0 Å². The molecule has 0 saturated carbocycles. The first-order valence-corrected chi connectivity index (χ1v) is 23.0. The highest BCUT2D eigenvalue weighted by atomic mass is 31.2. The van der Waals surface area contributed by atoms with E-state index >= 15 is 0 Å². The molecule has 0 aliphatic carbocycles. The summed E-state index contributed by atoms with van der Waals surface area (Å²) in [4.78, 5) is 35.6. The molecule has 0 saturated heterocycles. The minimum absolute atomic E-state index is 0.0717. The molecule has 3 N–H and O–H groups in total. The lowest BCUT2D eigenvalue weighted by Crippen LogP contribution is -2.46. The van der Waals surface area contributed by atoms with Crippen LogP contribution in [0.1, 0.15) is 200 Å². The van der Waals surface area contributed by atoms with Crippen molar-refractivity contribution in [2.24, 2.45) is 0 Å². The highest BCUT2D eigenvalue weighted by Gasteiger charge is 2.25. The van der Waals surface area contributed by atoms with Crippen molar-refractivity contribution in [2.75, 3.05) is 47.4 Å². The van der Waals surface area contributed by atoms with Gasteiger partial charge in [0.25, 0.3) is 0 Å². The number of nitrogens with one attached hydrogen (secondary N) is 2. The first-order valence-electron chi connectivity index (χ1n) is 21.5. The van der Waals surface area contributed by atoms with Crippen molar-refractivity contribution in [2.45, 2.75) is 206 Å². The van der Waals surface area contributed by atoms with Gasteiger partial charge in [-0.1, -0.05) is 168 Å². The first-order chi connectivity index (χ1) is 24.5. The largest absolute Gasteiger partial charge is 0.472 e. The highest BCUT2D eigenvalue weighted by molar-refractivity contribution is 7.47. The zero-order chi connectivity index (χ0) is 37.9. The number of carbonyl (C=O) groups excluding carboxylic acids is 2. The van der Waals surface area contributed by atoms with Gasteiger partial charge >= 0.3 is 7.82 Å². The van der Waals surface area contributed by atoms with E-state index in [1.165, 1.54) is 128 Å². The lowest BCUT2D eigenvalue weighted by atomic mass is 10.0. The van der Waals surface area contributed by atoms with E-state index in [4.69, 9.17) is 9.05 Å². The Hall–Kier alpha value is -0.990. The van der Waals surface area contributed by atoms with Crippen LogP contribution in [0.25, 0.3) is 0 Å². The van der Waals surface area contributed by atoms with Crippen LogP contribution in [0.3, 0.4) is 0 Å². The minimum Gasteiger partial charge on any atom is -0.354 e. The number of nitrogens with zero attached hydrogens (tertiary/aromatic N) is 1. The van der Waals surface area contributed by atoms with E-state index in [9.17, 15) is 19.0 Å². The van der Waals surface area contributed by atoms with E-state index in [2.05, 4.69) is 24.5 Å². The normalized spacial score (nSPS) is 13.6. The molecular formula is C41H85N3O6P+. The topological polar surface area (TPSA) is 114 Å². The van der Waals surface area contributed by atoms with E-state index in [0.717, 1.165) is 49.6 Å². The number of phosphoric ester groups is 1. The van der Waals surface area contributed by atoms with Crippen LogP contribution < -0.4 is 10.6 Å². The Balaban J connectivity index is 4.40. The number of quaternary nitrogens is 1. The Kier molecular flexibility index (Phi) is 34.1. The summed E-state index contributed by atoms with van der Waals surface area (Å²) in [5.74, 6) is -0.202. The van der Waals surface area contributed by atoms with Gasteiger partial charge in [-0.05, 0) is 12.8 Å². The van der Waals surface area contributed by atoms with Crippen molar-refractivity contribution in [3.8, 4) is 0 Å². The van der Waals surface area contributed by atoms with Crippen LogP contribution in [-0.4, -0.2) is 74.7 Å². The molecular weight excluding hydrogens is 661 g/mol. The Morgan fingerprint density at radius 3 is 1.33 bits per heavy atom. The predicted octanol–water partition coefficient (Wildman–Crippen LogP) is 10.8. The number of rotatable bonds is 39. The molecule has 10 heteroatoms. The van der Waals surface area contributed by atoms with E-state index in [-0.39, 0.29) is 31.6 Å². The number of phosphoric acid groups is 1. The van der Waals surface area contributed by atoms with Crippen LogP contribution in [0.4, 0.5) is 0 Å². The maximum atomic E-state index is 12.8. The van der Waals surface area contributed by atoms with Crippen molar-refractivity contribution >= 4 is 19.6 Å². The Labute approximate surface area is 315 Å². The van der Waals surface area contributed by atoms with Gasteiger partial charge in [0.1, 0.15) is 0 Å². The highest BCUT2D eigenvalue weighted by Crippen LogP contribution is 2.43. The summed E-state index contributed by atoms with van der Waals surface area (Å²) in [5.41, 5.74) is 0. The number of unbranched alkanes of at least 4 members (excludes halogenated alkanes) is 24. The van der Waals surface area contributed by atoms with Crippen LogP contribution in [-0.2, 0) is 23.2 Å². The van der Waals surface area contributed by atoms with E-state index in [1.807, 2.05) is 21.1 Å². The van der Waals surface area contributed by atoms with Crippen molar-refractivity contribution < 1.29 is 32.6 Å². The second-order valence-electron chi connectivity index (χ2n) is 16.0. The lowest BCUT2D eigenvalue weighted by molar-refractivity contribution is -0.870.